The molecule has 3 aromatic rings. The molecule has 3 atom stereocenters. The Bertz CT molecular complexity index is 1020. The lowest BCUT2D eigenvalue weighted by molar-refractivity contribution is -0.0905. The number of benzene rings is 2. The van der Waals surface area contributed by atoms with Crippen molar-refractivity contribution in [3.05, 3.63) is 60.8 Å². The topological polar surface area (TPSA) is 111 Å². The van der Waals surface area contributed by atoms with Crippen molar-refractivity contribution in [3.8, 4) is 17.0 Å². The van der Waals surface area contributed by atoms with Crippen LogP contribution in [0.2, 0.25) is 0 Å². The first kappa shape index (κ1) is 22.8. The second-order valence-corrected chi connectivity index (χ2v) is 8.01. The SMILES string of the molecule is COc1ccc(NC(=O)N[C@@H]2CC[C@@H](CCn3cc(-c4ccccc4)nn3)O[C@@H]2CO)cc1. The monoisotopic (exact) mass is 451 g/mol. The van der Waals surface area contributed by atoms with Crippen molar-refractivity contribution in [1.29, 1.82) is 0 Å². The molecule has 3 N–H and O–H groups in total. The molecule has 0 unspecified atom stereocenters. The highest BCUT2D eigenvalue weighted by Gasteiger charge is 2.31. The number of aryl methyl sites for hydroxylation is 1. The number of aliphatic hydroxyl groups is 1. The molecule has 9 nitrogen and oxygen atoms in total. The maximum Gasteiger partial charge on any atom is 0.319 e. The molecule has 1 aliphatic heterocycles. The highest BCUT2D eigenvalue weighted by Crippen LogP contribution is 2.23. The molecule has 2 aromatic carbocycles. The summed E-state index contributed by atoms with van der Waals surface area (Å²) in [4.78, 5) is 12.4. The van der Waals surface area contributed by atoms with Gasteiger partial charge in [0.2, 0.25) is 0 Å². The summed E-state index contributed by atoms with van der Waals surface area (Å²) >= 11 is 0. The third-order valence-electron chi connectivity index (χ3n) is 5.75. The van der Waals surface area contributed by atoms with Gasteiger partial charge in [0.15, 0.2) is 0 Å². The summed E-state index contributed by atoms with van der Waals surface area (Å²) in [6, 6.07) is 16.4. The van der Waals surface area contributed by atoms with Gasteiger partial charge in [0.05, 0.1) is 32.1 Å². The number of aromatic nitrogens is 3. The van der Waals surface area contributed by atoms with Gasteiger partial charge in [0.25, 0.3) is 0 Å². The van der Waals surface area contributed by atoms with Crippen molar-refractivity contribution in [3.63, 3.8) is 0 Å². The van der Waals surface area contributed by atoms with Crippen LogP contribution in [0.3, 0.4) is 0 Å². The molecule has 0 spiro atoms. The van der Waals surface area contributed by atoms with Gasteiger partial charge in [-0.1, -0.05) is 35.5 Å². The summed E-state index contributed by atoms with van der Waals surface area (Å²) in [7, 11) is 1.59. The first-order chi connectivity index (χ1) is 16.1. The fourth-order valence-corrected chi connectivity index (χ4v) is 3.94. The van der Waals surface area contributed by atoms with E-state index in [0.717, 1.165) is 36.3 Å². The van der Waals surface area contributed by atoms with E-state index in [4.69, 9.17) is 9.47 Å². The number of aliphatic hydroxyl groups excluding tert-OH is 1. The lowest BCUT2D eigenvalue weighted by Crippen LogP contribution is -2.52. The van der Waals surface area contributed by atoms with Crippen LogP contribution in [0.4, 0.5) is 10.5 Å². The van der Waals surface area contributed by atoms with Crippen LogP contribution in [0.5, 0.6) is 5.75 Å². The second kappa shape index (κ2) is 10.9. The lowest BCUT2D eigenvalue weighted by Gasteiger charge is -2.36. The van der Waals surface area contributed by atoms with Crippen LogP contribution in [0, 0.1) is 0 Å². The zero-order chi connectivity index (χ0) is 23.0. The Kier molecular flexibility index (Phi) is 7.54. The highest BCUT2D eigenvalue weighted by molar-refractivity contribution is 5.89. The Hall–Kier alpha value is -3.43. The van der Waals surface area contributed by atoms with Crippen molar-refractivity contribution in [1.82, 2.24) is 20.3 Å². The second-order valence-electron chi connectivity index (χ2n) is 8.01. The molecule has 1 saturated heterocycles. The molecule has 2 heterocycles. The Morgan fingerprint density at radius 1 is 1.18 bits per heavy atom. The fraction of sp³-hybridized carbons (Fsp3) is 0.375. The maximum absolute atomic E-state index is 12.4. The average Bonchev–Trinajstić information content (AvgIpc) is 3.33. The number of nitrogens with zero attached hydrogens (tertiary/aromatic N) is 3. The summed E-state index contributed by atoms with van der Waals surface area (Å²) in [5.41, 5.74) is 2.52. The van der Waals surface area contributed by atoms with E-state index in [1.165, 1.54) is 0 Å². The molecule has 0 radical (unpaired) electrons. The predicted octanol–water partition coefficient (Wildman–Crippen LogP) is 3.07. The molecule has 1 aliphatic rings. The van der Waals surface area contributed by atoms with E-state index in [2.05, 4.69) is 20.9 Å². The van der Waals surface area contributed by atoms with Gasteiger partial charge in [-0.25, -0.2) is 4.79 Å². The summed E-state index contributed by atoms with van der Waals surface area (Å²) in [5.74, 6) is 0.718. The van der Waals surface area contributed by atoms with Crippen LogP contribution < -0.4 is 15.4 Å². The molecule has 2 amide bonds. The van der Waals surface area contributed by atoms with Gasteiger partial charge in [0, 0.05) is 17.8 Å². The van der Waals surface area contributed by atoms with E-state index >= 15 is 0 Å². The number of hydrogen-bond acceptors (Lipinski definition) is 6. The molecule has 1 aromatic heterocycles. The molecule has 33 heavy (non-hydrogen) atoms. The van der Waals surface area contributed by atoms with Crippen LogP contribution in [0.25, 0.3) is 11.3 Å². The zero-order valence-electron chi connectivity index (χ0n) is 18.6. The quantitative estimate of drug-likeness (QED) is 0.486. The predicted molar refractivity (Wildman–Crippen MR) is 124 cm³/mol. The number of hydrogen-bond donors (Lipinski definition) is 3. The summed E-state index contributed by atoms with van der Waals surface area (Å²) in [6.07, 6.45) is 3.70. The minimum atomic E-state index is -0.457. The Balaban J connectivity index is 1.25. The largest absolute Gasteiger partial charge is 0.497 e. The minimum absolute atomic E-state index is 0.0192. The standard InChI is InChI=1S/C24H29N5O4/c1-32-19-9-7-18(8-10-19)25-24(31)26-21-12-11-20(33-23(21)16-30)13-14-29-15-22(27-28-29)17-5-3-2-4-6-17/h2-10,15,20-21,23,30H,11-14,16H2,1H3,(H2,25,26,31)/t20-,21+,23+/m0/s1. The van der Waals surface area contributed by atoms with Crippen LogP contribution in [0.1, 0.15) is 19.3 Å². The van der Waals surface area contributed by atoms with E-state index < -0.39 is 6.10 Å². The molecule has 9 heteroatoms. The molecule has 0 saturated carbocycles. The Morgan fingerprint density at radius 3 is 2.70 bits per heavy atom. The molecule has 0 aliphatic carbocycles. The van der Waals surface area contributed by atoms with Gasteiger partial charge < -0.3 is 25.2 Å². The van der Waals surface area contributed by atoms with E-state index in [1.54, 1.807) is 31.4 Å². The molecule has 174 valence electrons. The molecule has 0 bridgehead atoms. The molecular formula is C24H29N5O4. The molecular weight excluding hydrogens is 422 g/mol. The Morgan fingerprint density at radius 2 is 1.97 bits per heavy atom. The third-order valence-corrected chi connectivity index (χ3v) is 5.75. The first-order valence-electron chi connectivity index (χ1n) is 11.1. The van der Waals surface area contributed by atoms with E-state index in [0.29, 0.717) is 12.2 Å². The van der Waals surface area contributed by atoms with Crippen molar-refractivity contribution in [2.24, 2.45) is 0 Å². The van der Waals surface area contributed by atoms with Crippen molar-refractivity contribution in [2.45, 2.75) is 44.1 Å². The number of carbonyl (C=O) groups excluding carboxylic acids is 1. The van der Waals surface area contributed by atoms with Gasteiger partial charge in [-0.05, 0) is 43.5 Å². The third kappa shape index (κ3) is 6.09. The number of anilines is 1. The number of urea groups is 1. The normalized spacial score (nSPS) is 20.2. The summed E-state index contributed by atoms with van der Waals surface area (Å²) in [5, 5.41) is 24.0. The number of rotatable bonds is 8. The number of amides is 2. The van der Waals surface area contributed by atoms with E-state index in [-0.39, 0.29) is 24.8 Å². The van der Waals surface area contributed by atoms with Crippen molar-refractivity contribution < 1.29 is 19.4 Å². The maximum atomic E-state index is 12.4. The number of ether oxygens (including phenoxy) is 2. The minimum Gasteiger partial charge on any atom is -0.497 e. The van der Waals surface area contributed by atoms with Crippen LogP contribution in [-0.2, 0) is 11.3 Å². The van der Waals surface area contributed by atoms with Gasteiger partial charge in [-0.2, -0.15) is 0 Å². The van der Waals surface area contributed by atoms with E-state index in [1.807, 2.05) is 41.2 Å². The number of methoxy groups -OCH3 is 1. The smallest absolute Gasteiger partial charge is 0.319 e. The van der Waals surface area contributed by atoms with Crippen molar-refractivity contribution in [2.75, 3.05) is 19.0 Å². The van der Waals surface area contributed by atoms with Gasteiger partial charge >= 0.3 is 6.03 Å². The van der Waals surface area contributed by atoms with Gasteiger partial charge in [0.1, 0.15) is 17.5 Å². The lowest BCUT2D eigenvalue weighted by atomic mass is 9.97. The Labute approximate surface area is 192 Å². The molecule has 1 fully saturated rings. The molecule has 4 rings (SSSR count). The highest BCUT2D eigenvalue weighted by atomic mass is 16.5. The van der Waals surface area contributed by atoms with Crippen molar-refractivity contribution >= 4 is 11.7 Å². The summed E-state index contributed by atoms with van der Waals surface area (Å²) in [6.45, 7) is 0.504. The number of nitrogens with one attached hydrogen (secondary N) is 2. The van der Waals surface area contributed by atoms with E-state index in [9.17, 15) is 9.90 Å². The average molecular weight is 452 g/mol. The van der Waals surface area contributed by atoms with Gasteiger partial charge in [-0.15, -0.1) is 5.10 Å². The fourth-order valence-electron chi connectivity index (χ4n) is 3.94. The first-order valence-corrected chi connectivity index (χ1v) is 11.1. The van der Waals surface area contributed by atoms with Crippen LogP contribution in [0.15, 0.2) is 60.8 Å². The van der Waals surface area contributed by atoms with Crippen LogP contribution in [-0.4, -0.2) is 58.1 Å². The van der Waals surface area contributed by atoms with Crippen LogP contribution >= 0.6 is 0 Å². The van der Waals surface area contributed by atoms with Gasteiger partial charge in [-0.3, -0.25) is 4.68 Å². The summed E-state index contributed by atoms with van der Waals surface area (Å²) < 4.78 is 13.0. The zero-order valence-corrected chi connectivity index (χ0v) is 18.6. The number of carbonyl (C=O) groups is 1.